The van der Waals surface area contributed by atoms with Crippen LogP contribution in [0.4, 0.5) is 0 Å². The number of para-hydroxylation sites is 1. The zero-order chi connectivity index (χ0) is 13.3. The van der Waals surface area contributed by atoms with Gasteiger partial charge in [0.2, 0.25) is 0 Å². The first-order valence-electron chi connectivity index (χ1n) is 8.10. The average Bonchev–Trinajstić information content (AvgIpc) is 2.93. The lowest BCUT2D eigenvalue weighted by molar-refractivity contribution is -0.123. The van der Waals surface area contributed by atoms with Crippen molar-refractivity contribution in [3.05, 3.63) is 29.8 Å². The standard InChI is InChI=1S/C18H20O2/c19-18(17-15-10-5-6-11(9-10)16(15)17)13-7-8-20-14-4-2-1-3-12(13)14/h1-4,10-11,13,15-17H,5-9H2. The fraction of sp³-hybridized carbons (Fsp3) is 0.611. The van der Waals surface area contributed by atoms with Crippen molar-refractivity contribution in [2.75, 3.05) is 6.61 Å². The second-order valence-corrected chi connectivity index (χ2v) is 7.14. The molecule has 1 aromatic carbocycles. The number of hydrogen-bond donors (Lipinski definition) is 0. The molecule has 2 heteroatoms. The van der Waals surface area contributed by atoms with Gasteiger partial charge in [0.25, 0.3) is 0 Å². The van der Waals surface area contributed by atoms with Gasteiger partial charge in [-0.2, -0.15) is 0 Å². The first kappa shape index (κ1) is 11.4. The van der Waals surface area contributed by atoms with Gasteiger partial charge in [-0.25, -0.2) is 0 Å². The van der Waals surface area contributed by atoms with E-state index in [1.807, 2.05) is 18.2 Å². The molecule has 2 bridgehead atoms. The lowest BCUT2D eigenvalue weighted by Crippen LogP contribution is -2.24. The summed E-state index contributed by atoms with van der Waals surface area (Å²) in [4.78, 5) is 13.0. The predicted molar refractivity (Wildman–Crippen MR) is 75.6 cm³/mol. The van der Waals surface area contributed by atoms with Gasteiger partial charge in [0.05, 0.1) is 6.61 Å². The van der Waals surface area contributed by atoms with Gasteiger partial charge in [-0.1, -0.05) is 18.2 Å². The number of benzene rings is 1. The van der Waals surface area contributed by atoms with Crippen LogP contribution in [-0.2, 0) is 4.79 Å². The van der Waals surface area contributed by atoms with Crippen LogP contribution in [0, 0.1) is 29.6 Å². The highest BCUT2D eigenvalue weighted by atomic mass is 16.5. The molecule has 5 atom stereocenters. The quantitative estimate of drug-likeness (QED) is 0.821. The molecule has 0 radical (unpaired) electrons. The lowest BCUT2D eigenvalue weighted by Gasteiger charge is -2.25. The summed E-state index contributed by atoms with van der Waals surface area (Å²) in [7, 11) is 0. The Morgan fingerprint density at radius 1 is 1.05 bits per heavy atom. The normalized spacial score (nSPS) is 43.6. The fourth-order valence-corrected chi connectivity index (χ4v) is 5.58. The molecule has 4 aliphatic rings. The third kappa shape index (κ3) is 1.37. The van der Waals surface area contributed by atoms with Crippen molar-refractivity contribution in [2.45, 2.75) is 31.6 Å². The first-order chi connectivity index (χ1) is 9.84. The van der Waals surface area contributed by atoms with Crippen LogP contribution < -0.4 is 4.74 Å². The molecule has 3 fully saturated rings. The summed E-state index contributed by atoms with van der Waals surface area (Å²) in [5, 5.41) is 0. The molecule has 3 aliphatic carbocycles. The lowest BCUT2D eigenvalue weighted by atomic mass is 9.84. The third-order valence-corrected chi connectivity index (χ3v) is 6.37. The minimum absolute atomic E-state index is 0.106. The predicted octanol–water partition coefficient (Wildman–Crippen LogP) is 3.41. The summed E-state index contributed by atoms with van der Waals surface area (Å²) in [6.07, 6.45) is 5.07. The van der Waals surface area contributed by atoms with Crippen molar-refractivity contribution in [1.82, 2.24) is 0 Å². The molecule has 3 saturated carbocycles. The number of fused-ring (bicyclic) bond motifs is 6. The Kier molecular flexibility index (Phi) is 2.20. The summed E-state index contributed by atoms with van der Waals surface area (Å²) in [5.74, 6) is 5.26. The van der Waals surface area contributed by atoms with E-state index in [9.17, 15) is 4.79 Å². The zero-order valence-corrected chi connectivity index (χ0v) is 11.6. The summed E-state index contributed by atoms with van der Waals surface area (Å²) in [5.41, 5.74) is 1.14. The van der Waals surface area contributed by atoms with E-state index in [-0.39, 0.29) is 5.92 Å². The summed E-state index contributed by atoms with van der Waals surface area (Å²) >= 11 is 0. The number of rotatable bonds is 2. The maximum absolute atomic E-state index is 13.0. The SMILES string of the molecule is O=C(C1CCOc2ccccc21)C1C2C3CCC(C3)C12. The highest BCUT2D eigenvalue weighted by Crippen LogP contribution is 2.70. The van der Waals surface area contributed by atoms with Crippen LogP contribution in [0.25, 0.3) is 0 Å². The van der Waals surface area contributed by atoms with Crippen molar-refractivity contribution >= 4 is 5.78 Å². The van der Waals surface area contributed by atoms with Gasteiger partial charge < -0.3 is 4.74 Å². The number of hydrogen-bond acceptors (Lipinski definition) is 2. The van der Waals surface area contributed by atoms with Gasteiger partial charge >= 0.3 is 0 Å². The van der Waals surface area contributed by atoms with E-state index in [4.69, 9.17) is 4.74 Å². The van der Waals surface area contributed by atoms with Crippen LogP contribution in [0.15, 0.2) is 24.3 Å². The van der Waals surface area contributed by atoms with E-state index < -0.39 is 0 Å². The van der Waals surface area contributed by atoms with Gasteiger partial charge in [0, 0.05) is 17.4 Å². The molecular weight excluding hydrogens is 248 g/mol. The van der Waals surface area contributed by atoms with Crippen molar-refractivity contribution < 1.29 is 9.53 Å². The molecule has 5 unspecified atom stereocenters. The fourth-order valence-electron chi connectivity index (χ4n) is 5.58. The van der Waals surface area contributed by atoms with E-state index in [0.717, 1.165) is 41.4 Å². The van der Waals surface area contributed by atoms with Crippen molar-refractivity contribution in [3.63, 3.8) is 0 Å². The molecule has 2 nitrogen and oxygen atoms in total. The second kappa shape index (κ2) is 3.87. The minimum Gasteiger partial charge on any atom is -0.493 e. The number of carbonyl (C=O) groups excluding carboxylic acids is 1. The van der Waals surface area contributed by atoms with Crippen LogP contribution in [0.2, 0.25) is 0 Å². The maximum atomic E-state index is 13.0. The van der Waals surface area contributed by atoms with Crippen molar-refractivity contribution in [3.8, 4) is 5.75 Å². The van der Waals surface area contributed by atoms with Crippen molar-refractivity contribution in [2.24, 2.45) is 29.6 Å². The molecule has 20 heavy (non-hydrogen) atoms. The van der Waals surface area contributed by atoms with Crippen LogP contribution in [0.1, 0.15) is 37.2 Å². The molecule has 0 spiro atoms. The number of ether oxygens (including phenoxy) is 1. The Bertz CT molecular complexity index is 563. The Morgan fingerprint density at radius 2 is 1.80 bits per heavy atom. The Hall–Kier alpha value is -1.31. The van der Waals surface area contributed by atoms with Crippen molar-refractivity contribution in [1.29, 1.82) is 0 Å². The van der Waals surface area contributed by atoms with E-state index in [2.05, 4.69) is 6.07 Å². The van der Waals surface area contributed by atoms with E-state index in [1.54, 1.807) is 0 Å². The third-order valence-electron chi connectivity index (χ3n) is 6.37. The number of Topliss-reactive ketones (excluding diaryl/α,β-unsaturated/α-hetero) is 1. The van der Waals surface area contributed by atoms with E-state index >= 15 is 0 Å². The summed E-state index contributed by atoms with van der Waals surface area (Å²) < 4.78 is 5.70. The Labute approximate surface area is 119 Å². The van der Waals surface area contributed by atoms with Gasteiger partial charge in [-0.3, -0.25) is 4.79 Å². The van der Waals surface area contributed by atoms with Crippen LogP contribution >= 0.6 is 0 Å². The molecule has 5 rings (SSSR count). The second-order valence-electron chi connectivity index (χ2n) is 7.14. The summed E-state index contributed by atoms with van der Waals surface area (Å²) in [6, 6.07) is 8.12. The van der Waals surface area contributed by atoms with E-state index in [1.165, 1.54) is 19.3 Å². The summed E-state index contributed by atoms with van der Waals surface area (Å²) in [6.45, 7) is 0.697. The topological polar surface area (TPSA) is 26.3 Å². The van der Waals surface area contributed by atoms with Crippen LogP contribution in [-0.4, -0.2) is 12.4 Å². The molecule has 104 valence electrons. The smallest absolute Gasteiger partial charge is 0.144 e. The largest absolute Gasteiger partial charge is 0.493 e. The molecule has 0 N–H and O–H groups in total. The highest BCUT2D eigenvalue weighted by molar-refractivity contribution is 5.91. The molecule has 1 aromatic rings. The monoisotopic (exact) mass is 268 g/mol. The molecule has 0 saturated heterocycles. The van der Waals surface area contributed by atoms with Crippen LogP contribution in [0.5, 0.6) is 5.75 Å². The van der Waals surface area contributed by atoms with Crippen LogP contribution in [0.3, 0.4) is 0 Å². The molecule has 1 aliphatic heterocycles. The molecular formula is C18H20O2. The average molecular weight is 268 g/mol. The minimum atomic E-state index is 0.106. The Morgan fingerprint density at radius 3 is 2.60 bits per heavy atom. The zero-order valence-electron chi connectivity index (χ0n) is 11.6. The molecule has 0 aromatic heterocycles. The number of ketones is 1. The molecule has 1 heterocycles. The Balaban J connectivity index is 1.44. The van der Waals surface area contributed by atoms with Gasteiger partial charge in [0.1, 0.15) is 11.5 Å². The van der Waals surface area contributed by atoms with Gasteiger partial charge in [-0.05, 0) is 55.4 Å². The first-order valence-corrected chi connectivity index (χ1v) is 8.10. The highest BCUT2D eigenvalue weighted by Gasteiger charge is 2.67. The number of carbonyl (C=O) groups is 1. The molecule has 0 amide bonds. The van der Waals surface area contributed by atoms with E-state index in [0.29, 0.717) is 18.3 Å². The maximum Gasteiger partial charge on any atom is 0.144 e. The van der Waals surface area contributed by atoms with Gasteiger partial charge in [-0.15, -0.1) is 0 Å². The van der Waals surface area contributed by atoms with Gasteiger partial charge in [0.15, 0.2) is 0 Å².